The number of rotatable bonds is 6. The smallest absolute Gasteiger partial charge is 0.330 e. The molecule has 0 saturated heterocycles. The molecule has 3 nitrogen and oxygen atoms in total. The van der Waals surface area contributed by atoms with Crippen LogP contribution in [0.25, 0.3) is 0 Å². The molecule has 0 N–H and O–H groups in total. The van der Waals surface area contributed by atoms with E-state index in [4.69, 9.17) is 4.74 Å². The van der Waals surface area contributed by atoms with Gasteiger partial charge in [-0.25, -0.2) is 4.79 Å². The first-order valence-electron chi connectivity index (χ1n) is 5.21. The zero-order chi connectivity index (χ0) is 11.9. The Labute approximate surface area is 92.5 Å². The summed E-state index contributed by atoms with van der Waals surface area (Å²) < 4.78 is 9.86. The summed E-state index contributed by atoms with van der Waals surface area (Å²) in [6, 6.07) is 0. The molecule has 0 aliphatic rings. The van der Waals surface area contributed by atoms with Gasteiger partial charge in [-0.05, 0) is 40.0 Å². The number of allylic oxidation sites excluding steroid dienone is 1. The van der Waals surface area contributed by atoms with Crippen molar-refractivity contribution in [2.45, 2.75) is 45.6 Å². The maximum Gasteiger partial charge on any atom is 0.330 e. The minimum atomic E-state index is -0.279. The van der Waals surface area contributed by atoms with Crippen molar-refractivity contribution in [2.24, 2.45) is 0 Å². The lowest BCUT2D eigenvalue weighted by Crippen LogP contribution is -2.21. The van der Waals surface area contributed by atoms with Crippen molar-refractivity contribution in [1.29, 1.82) is 0 Å². The summed E-state index contributed by atoms with van der Waals surface area (Å²) in [6.07, 6.45) is 4.44. The molecule has 0 aromatic rings. The first-order chi connectivity index (χ1) is 6.91. The zero-order valence-electron chi connectivity index (χ0n) is 10.4. The van der Waals surface area contributed by atoms with Crippen LogP contribution >= 0.6 is 0 Å². The number of carbonyl (C=O) groups is 1. The van der Waals surface area contributed by atoms with Crippen LogP contribution in [0.5, 0.6) is 0 Å². The van der Waals surface area contributed by atoms with Crippen LogP contribution in [0.4, 0.5) is 0 Å². The van der Waals surface area contributed by atoms with Crippen molar-refractivity contribution >= 4 is 5.97 Å². The van der Waals surface area contributed by atoms with Crippen LogP contribution in [0.1, 0.15) is 40.0 Å². The lowest BCUT2D eigenvalue weighted by atomic mass is 9.99. The number of methoxy groups -OCH3 is 2. The van der Waals surface area contributed by atoms with Gasteiger partial charge in [-0.3, -0.25) is 0 Å². The molecule has 0 spiro atoms. The van der Waals surface area contributed by atoms with Crippen molar-refractivity contribution in [3.8, 4) is 0 Å². The normalized spacial score (nSPS) is 12.7. The molecule has 0 saturated carbocycles. The molecule has 0 aromatic heterocycles. The molecule has 0 unspecified atom stereocenters. The molecule has 0 aliphatic carbocycles. The molecule has 0 fully saturated rings. The van der Waals surface area contributed by atoms with Crippen LogP contribution in [0.2, 0.25) is 0 Å². The van der Waals surface area contributed by atoms with E-state index in [1.165, 1.54) is 7.11 Å². The van der Waals surface area contributed by atoms with Gasteiger partial charge in [-0.2, -0.15) is 0 Å². The van der Waals surface area contributed by atoms with Gasteiger partial charge in [-0.1, -0.05) is 5.57 Å². The number of ether oxygens (including phenoxy) is 2. The van der Waals surface area contributed by atoms with Crippen molar-refractivity contribution < 1.29 is 14.3 Å². The molecule has 15 heavy (non-hydrogen) atoms. The van der Waals surface area contributed by atoms with Crippen LogP contribution < -0.4 is 0 Å². The molecule has 0 rings (SSSR count). The summed E-state index contributed by atoms with van der Waals surface area (Å²) >= 11 is 0. The summed E-state index contributed by atoms with van der Waals surface area (Å²) in [5.41, 5.74) is 0.972. The fourth-order valence-corrected chi connectivity index (χ4v) is 1.23. The SMILES string of the molecule is COC(=O)/C=C(\C)CCCC(C)(C)OC. The summed E-state index contributed by atoms with van der Waals surface area (Å²) in [4.78, 5) is 10.9. The van der Waals surface area contributed by atoms with Crippen molar-refractivity contribution in [2.75, 3.05) is 14.2 Å². The van der Waals surface area contributed by atoms with Crippen LogP contribution in [-0.4, -0.2) is 25.8 Å². The maximum atomic E-state index is 10.9. The Kier molecular flexibility index (Phi) is 6.25. The molecule has 0 amide bonds. The summed E-state index contributed by atoms with van der Waals surface area (Å²) in [7, 11) is 3.11. The van der Waals surface area contributed by atoms with Crippen molar-refractivity contribution in [3.63, 3.8) is 0 Å². The van der Waals surface area contributed by atoms with E-state index in [9.17, 15) is 4.79 Å². The standard InChI is InChI=1S/C12H22O3/c1-10(9-11(13)14-4)7-6-8-12(2,3)15-5/h9H,6-8H2,1-5H3/b10-9+. The Hall–Kier alpha value is -0.830. The topological polar surface area (TPSA) is 35.5 Å². The van der Waals surface area contributed by atoms with Crippen LogP contribution in [-0.2, 0) is 14.3 Å². The molecule has 3 heteroatoms. The first-order valence-corrected chi connectivity index (χ1v) is 5.21. The van der Waals surface area contributed by atoms with E-state index in [2.05, 4.69) is 18.6 Å². The van der Waals surface area contributed by atoms with Crippen LogP contribution in [0.3, 0.4) is 0 Å². The fraction of sp³-hybridized carbons (Fsp3) is 0.750. The van der Waals surface area contributed by atoms with E-state index in [1.807, 2.05) is 6.92 Å². The van der Waals surface area contributed by atoms with Gasteiger partial charge < -0.3 is 9.47 Å². The van der Waals surface area contributed by atoms with Gasteiger partial charge in [0, 0.05) is 13.2 Å². The molecule has 0 aliphatic heterocycles. The van der Waals surface area contributed by atoms with Gasteiger partial charge in [0.2, 0.25) is 0 Å². The highest BCUT2D eigenvalue weighted by Gasteiger charge is 2.15. The largest absolute Gasteiger partial charge is 0.466 e. The van der Waals surface area contributed by atoms with Gasteiger partial charge in [0.1, 0.15) is 0 Å². The van der Waals surface area contributed by atoms with Crippen molar-refractivity contribution in [3.05, 3.63) is 11.6 Å². The molecule has 88 valence electrons. The molecular formula is C12H22O3. The second kappa shape index (κ2) is 6.62. The third-order valence-electron chi connectivity index (χ3n) is 2.47. The molecule has 0 radical (unpaired) electrons. The Morgan fingerprint density at radius 2 is 1.93 bits per heavy atom. The Bertz CT molecular complexity index is 229. The second-order valence-electron chi connectivity index (χ2n) is 4.33. The average molecular weight is 214 g/mol. The summed E-state index contributed by atoms with van der Waals surface area (Å²) in [6.45, 7) is 6.06. The summed E-state index contributed by atoms with van der Waals surface area (Å²) in [5.74, 6) is -0.279. The molecule has 0 heterocycles. The highest BCUT2D eigenvalue weighted by Crippen LogP contribution is 2.18. The lowest BCUT2D eigenvalue weighted by molar-refractivity contribution is -0.134. The number of hydrogen-bond donors (Lipinski definition) is 0. The van der Waals surface area contributed by atoms with E-state index in [1.54, 1.807) is 13.2 Å². The molecule has 0 atom stereocenters. The van der Waals surface area contributed by atoms with Gasteiger partial charge in [0.25, 0.3) is 0 Å². The minimum Gasteiger partial charge on any atom is -0.466 e. The molecule has 0 bridgehead atoms. The minimum absolute atomic E-state index is 0.0778. The average Bonchev–Trinajstić information content (AvgIpc) is 2.17. The third-order valence-corrected chi connectivity index (χ3v) is 2.47. The van der Waals surface area contributed by atoms with Crippen molar-refractivity contribution in [1.82, 2.24) is 0 Å². The molecular weight excluding hydrogens is 192 g/mol. The predicted octanol–water partition coefficient (Wildman–Crippen LogP) is 2.70. The van der Waals surface area contributed by atoms with Gasteiger partial charge in [0.05, 0.1) is 12.7 Å². The number of esters is 1. The van der Waals surface area contributed by atoms with Gasteiger partial charge >= 0.3 is 5.97 Å². The third kappa shape index (κ3) is 7.14. The quantitative estimate of drug-likeness (QED) is 0.503. The van der Waals surface area contributed by atoms with E-state index in [0.29, 0.717) is 0 Å². The van der Waals surface area contributed by atoms with E-state index in [-0.39, 0.29) is 11.6 Å². The first kappa shape index (κ1) is 14.2. The maximum absolute atomic E-state index is 10.9. The lowest BCUT2D eigenvalue weighted by Gasteiger charge is -2.22. The predicted molar refractivity (Wildman–Crippen MR) is 60.7 cm³/mol. The van der Waals surface area contributed by atoms with Gasteiger partial charge in [-0.15, -0.1) is 0 Å². The van der Waals surface area contributed by atoms with Crippen LogP contribution in [0, 0.1) is 0 Å². The molecule has 0 aromatic carbocycles. The second-order valence-corrected chi connectivity index (χ2v) is 4.33. The Balaban J connectivity index is 3.87. The Morgan fingerprint density at radius 3 is 2.40 bits per heavy atom. The zero-order valence-corrected chi connectivity index (χ0v) is 10.4. The van der Waals surface area contributed by atoms with E-state index < -0.39 is 0 Å². The summed E-state index contributed by atoms with van der Waals surface area (Å²) in [5, 5.41) is 0. The van der Waals surface area contributed by atoms with Gasteiger partial charge in [0.15, 0.2) is 0 Å². The highest BCUT2D eigenvalue weighted by atomic mass is 16.5. The number of carbonyl (C=O) groups excluding carboxylic acids is 1. The van der Waals surface area contributed by atoms with E-state index >= 15 is 0 Å². The fourth-order valence-electron chi connectivity index (χ4n) is 1.23. The highest BCUT2D eigenvalue weighted by molar-refractivity contribution is 5.82. The Morgan fingerprint density at radius 1 is 1.33 bits per heavy atom. The monoisotopic (exact) mass is 214 g/mol. The van der Waals surface area contributed by atoms with E-state index in [0.717, 1.165) is 24.8 Å². The number of hydrogen-bond acceptors (Lipinski definition) is 3. The van der Waals surface area contributed by atoms with Crippen LogP contribution in [0.15, 0.2) is 11.6 Å².